The van der Waals surface area contributed by atoms with E-state index in [9.17, 15) is 9.59 Å². The number of aromatic nitrogens is 1. The molecule has 3 rings (SSSR count). The van der Waals surface area contributed by atoms with Crippen LogP contribution in [0.4, 0.5) is 5.13 Å². The SMILES string of the molecule is CC(/C=C1\SC(=S)N(CC(=O)Nc2nc(C)cs2)C1=O)=C\c1ccccc1. The Balaban J connectivity index is 1.67. The average molecular weight is 416 g/mol. The number of amides is 2. The number of carbonyl (C=O) groups is 2. The van der Waals surface area contributed by atoms with Crippen molar-refractivity contribution in [3.8, 4) is 0 Å². The van der Waals surface area contributed by atoms with E-state index in [0.29, 0.717) is 14.4 Å². The van der Waals surface area contributed by atoms with Crippen LogP contribution in [0.5, 0.6) is 0 Å². The molecule has 1 aliphatic heterocycles. The van der Waals surface area contributed by atoms with Crippen molar-refractivity contribution in [3.05, 3.63) is 63.5 Å². The number of allylic oxidation sites excluding steroid dienone is 2. The van der Waals surface area contributed by atoms with Gasteiger partial charge in [0.2, 0.25) is 5.91 Å². The van der Waals surface area contributed by atoms with Crippen molar-refractivity contribution in [1.29, 1.82) is 0 Å². The molecule has 5 nitrogen and oxygen atoms in total. The minimum atomic E-state index is -0.321. The van der Waals surface area contributed by atoms with Crippen LogP contribution in [0.25, 0.3) is 6.08 Å². The maximum Gasteiger partial charge on any atom is 0.266 e. The lowest BCUT2D eigenvalue weighted by atomic mass is 10.1. The number of carbonyl (C=O) groups excluding carboxylic acids is 2. The first-order chi connectivity index (χ1) is 12.9. The number of hydrogen-bond donors (Lipinski definition) is 1. The summed E-state index contributed by atoms with van der Waals surface area (Å²) in [5.74, 6) is -0.574. The second-order valence-corrected chi connectivity index (χ2v) is 8.44. The third-order valence-corrected chi connectivity index (χ3v) is 5.85. The van der Waals surface area contributed by atoms with Gasteiger partial charge >= 0.3 is 0 Å². The lowest BCUT2D eigenvalue weighted by molar-refractivity contribution is -0.126. The van der Waals surface area contributed by atoms with E-state index in [1.807, 2.05) is 55.6 Å². The topological polar surface area (TPSA) is 62.3 Å². The fourth-order valence-corrected chi connectivity index (χ4v) is 4.42. The number of hydrogen-bond acceptors (Lipinski definition) is 6. The number of thioether (sulfide) groups is 1. The van der Waals surface area contributed by atoms with Crippen molar-refractivity contribution in [1.82, 2.24) is 9.88 Å². The number of anilines is 1. The van der Waals surface area contributed by atoms with Crippen LogP contribution in [0.15, 0.2) is 52.3 Å². The summed E-state index contributed by atoms with van der Waals surface area (Å²) in [5.41, 5.74) is 2.83. The Kier molecular flexibility index (Phi) is 6.20. The molecule has 0 unspecified atom stereocenters. The van der Waals surface area contributed by atoms with Crippen LogP contribution in [-0.4, -0.2) is 32.6 Å². The fraction of sp³-hybridized carbons (Fsp3) is 0.158. The predicted octanol–water partition coefficient (Wildman–Crippen LogP) is 4.24. The highest BCUT2D eigenvalue weighted by molar-refractivity contribution is 8.26. The van der Waals surface area contributed by atoms with E-state index in [-0.39, 0.29) is 18.4 Å². The standard InChI is InChI=1S/C19H17N3O2S3/c1-12(8-14-6-4-3-5-7-14)9-15-17(24)22(19(25)27-15)10-16(23)21-18-20-13(2)11-26-18/h3-9,11H,10H2,1-2H3,(H,20,21,23)/b12-8+,15-9-. The van der Waals surface area contributed by atoms with Crippen LogP contribution in [0.1, 0.15) is 18.2 Å². The Morgan fingerprint density at radius 2 is 2.07 bits per heavy atom. The van der Waals surface area contributed by atoms with Crippen LogP contribution in [0.2, 0.25) is 0 Å². The molecule has 0 radical (unpaired) electrons. The molecule has 27 heavy (non-hydrogen) atoms. The number of thiazole rings is 1. The van der Waals surface area contributed by atoms with Crippen LogP contribution in [0, 0.1) is 6.92 Å². The van der Waals surface area contributed by atoms with Gasteiger partial charge < -0.3 is 5.32 Å². The number of nitrogens with one attached hydrogen (secondary N) is 1. The Hall–Kier alpha value is -2.29. The minimum Gasteiger partial charge on any atom is -0.300 e. The van der Waals surface area contributed by atoms with Crippen LogP contribution >= 0.6 is 35.3 Å². The number of aryl methyl sites for hydroxylation is 1. The van der Waals surface area contributed by atoms with Gasteiger partial charge in [0.1, 0.15) is 10.9 Å². The molecule has 1 fully saturated rings. The molecule has 1 aliphatic rings. The van der Waals surface area contributed by atoms with Crippen LogP contribution < -0.4 is 5.32 Å². The lowest BCUT2D eigenvalue weighted by Crippen LogP contribution is -2.36. The van der Waals surface area contributed by atoms with Crippen molar-refractivity contribution < 1.29 is 9.59 Å². The highest BCUT2D eigenvalue weighted by Gasteiger charge is 2.33. The molecule has 1 aromatic carbocycles. The monoisotopic (exact) mass is 415 g/mol. The van der Waals surface area contributed by atoms with Crippen molar-refractivity contribution in [2.24, 2.45) is 0 Å². The summed E-state index contributed by atoms with van der Waals surface area (Å²) in [6.45, 7) is 3.66. The smallest absolute Gasteiger partial charge is 0.266 e. The van der Waals surface area contributed by atoms with Gasteiger partial charge in [-0.05, 0) is 31.1 Å². The van der Waals surface area contributed by atoms with Crippen molar-refractivity contribution >= 4 is 62.7 Å². The van der Waals surface area contributed by atoms with Crippen molar-refractivity contribution in [3.63, 3.8) is 0 Å². The van der Waals surface area contributed by atoms with E-state index in [2.05, 4.69) is 10.3 Å². The van der Waals surface area contributed by atoms with Gasteiger partial charge in [0, 0.05) is 5.38 Å². The molecule has 2 heterocycles. The van der Waals surface area contributed by atoms with Crippen molar-refractivity contribution in [2.45, 2.75) is 13.8 Å². The summed E-state index contributed by atoms with van der Waals surface area (Å²) in [6, 6.07) is 9.86. The molecule has 1 aromatic heterocycles. The first-order valence-electron chi connectivity index (χ1n) is 8.13. The molecule has 0 atom stereocenters. The third kappa shape index (κ3) is 5.12. The number of nitrogens with zero attached hydrogens (tertiary/aromatic N) is 2. The molecular weight excluding hydrogens is 398 g/mol. The molecule has 2 amide bonds. The Bertz CT molecular complexity index is 948. The van der Waals surface area contributed by atoms with Gasteiger partial charge in [0.15, 0.2) is 5.13 Å². The molecule has 0 saturated carbocycles. The highest BCUT2D eigenvalue weighted by atomic mass is 32.2. The molecule has 1 N–H and O–H groups in total. The van der Waals surface area contributed by atoms with Gasteiger partial charge in [0.25, 0.3) is 5.91 Å². The molecule has 138 valence electrons. The van der Waals surface area contributed by atoms with Gasteiger partial charge in [-0.15, -0.1) is 11.3 Å². The van der Waals surface area contributed by atoms with E-state index in [4.69, 9.17) is 12.2 Å². The molecule has 1 saturated heterocycles. The number of benzene rings is 1. The third-order valence-electron chi connectivity index (χ3n) is 3.59. The molecule has 0 bridgehead atoms. The Labute approximate surface area is 171 Å². The van der Waals surface area contributed by atoms with Gasteiger partial charge in [-0.2, -0.15) is 0 Å². The fourth-order valence-electron chi connectivity index (χ4n) is 2.41. The Morgan fingerprint density at radius 1 is 1.33 bits per heavy atom. The van der Waals surface area contributed by atoms with Gasteiger partial charge in [-0.3, -0.25) is 14.5 Å². The number of rotatable bonds is 5. The van der Waals surface area contributed by atoms with E-state index < -0.39 is 0 Å². The first kappa shape index (κ1) is 19.5. The normalized spacial score (nSPS) is 16.3. The molecule has 8 heteroatoms. The van der Waals surface area contributed by atoms with Gasteiger partial charge in [-0.1, -0.05) is 60.4 Å². The average Bonchev–Trinajstić information content (AvgIpc) is 3.14. The van der Waals surface area contributed by atoms with Crippen molar-refractivity contribution in [2.75, 3.05) is 11.9 Å². The number of thiocarbonyl (C=S) groups is 1. The molecular formula is C19H17N3O2S3. The van der Waals surface area contributed by atoms with E-state index in [1.165, 1.54) is 28.0 Å². The molecule has 0 aliphatic carbocycles. The molecule has 2 aromatic rings. The van der Waals surface area contributed by atoms with Gasteiger partial charge in [0.05, 0.1) is 10.6 Å². The summed E-state index contributed by atoms with van der Waals surface area (Å²) in [4.78, 5) is 30.8. The van der Waals surface area contributed by atoms with E-state index in [1.54, 1.807) is 6.08 Å². The zero-order chi connectivity index (χ0) is 19.4. The van der Waals surface area contributed by atoms with Crippen LogP contribution in [0.3, 0.4) is 0 Å². The zero-order valence-electron chi connectivity index (χ0n) is 14.8. The first-order valence-corrected chi connectivity index (χ1v) is 10.2. The van der Waals surface area contributed by atoms with Crippen LogP contribution in [-0.2, 0) is 9.59 Å². The second kappa shape index (κ2) is 8.60. The summed E-state index contributed by atoms with van der Waals surface area (Å²) in [5, 5.41) is 5.05. The van der Waals surface area contributed by atoms with E-state index >= 15 is 0 Å². The quantitative estimate of drug-likeness (QED) is 0.585. The zero-order valence-corrected chi connectivity index (χ0v) is 17.2. The Morgan fingerprint density at radius 3 is 2.74 bits per heavy atom. The van der Waals surface area contributed by atoms with Gasteiger partial charge in [-0.25, -0.2) is 4.98 Å². The van der Waals surface area contributed by atoms with E-state index in [0.717, 1.165) is 16.8 Å². The molecule has 0 spiro atoms. The maximum atomic E-state index is 12.6. The summed E-state index contributed by atoms with van der Waals surface area (Å²) < 4.78 is 0.379. The minimum absolute atomic E-state index is 0.123. The maximum absolute atomic E-state index is 12.6. The lowest BCUT2D eigenvalue weighted by Gasteiger charge is -2.13. The predicted molar refractivity (Wildman–Crippen MR) is 116 cm³/mol. The largest absolute Gasteiger partial charge is 0.300 e. The summed E-state index contributed by atoms with van der Waals surface area (Å²) >= 11 is 7.83. The highest BCUT2D eigenvalue weighted by Crippen LogP contribution is 2.32. The summed E-state index contributed by atoms with van der Waals surface area (Å²) in [7, 11) is 0. The second-order valence-electron chi connectivity index (χ2n) is 5.91. The summed E-state index contributed by atoms with van der Waals surface area (Å²) in [6.07, 6.45) is 3.79.